The summed E-state index contributed by atoms with van der Waals surface area (Å²) in [6.45, 7) is 9.81. The van der Waals surface area contributed by atoms with Crippen LogP contribution in [0.1, 0.15) is 44.4 Å². The maximum absolute atomic E-state index is 13.1. The number of rotatable bonds is 6. The van der Waals surface area contributed by atoms with Crippen molar-refractivity contribution in [2.45, 2.75) is 59.2 Å². The molecule has 2 aromatic carbocycles. The number of hydrogen-bond donors (Lipinski definition) is 1. The molecule has 4 nitrogen and oxygen atoms in total. The van der Waals surface area contributed by atoms with Gasteiger partial charge in [0.25, 0.3) is 0 Å². The topological polar surface area (TPSA) is 49.4 Å². The number of benzene rings is 2. The third-order valence-electron chi connectivity index (χ3n) is 4.44. The number of carbonyl (C=O) groups excluding carboxylic acids is 2. The van der Waals surface area contributed by atoms with Crippen LogP contribution in [0, 0.1) is 6.92 Å². The molecule has 0 heterocycles. The first-order valence-electron chi connectivity index (χ1n) is 9.47. The van der Waals surface area contributed by atoms with E-state index in [0.29, 0.717) is 5.02 Å². The summed E-state index contributed by atoms with van der Waals surface area (Å²) in [5, 5.41) is 3.54. The Kier molecular flexibility index (Phi) is 7.25. The fourth-order valence-corrected chi connectivity index (χ4v) is 3.04. The fourth-order valence-electron chi connectivity index (χ4n) is 2.85. The first-order chi connectivity index (χ1) is 13.1. The van der Waals surface area contributed by atoms with E-state index in [1.807, 2.05) is 70.2 Å². The molecule has 2 amide bonds. The average molecular weight is 401 g/mol. The van der Waals surface area contributed by atoms with E-state index in [9.17, 15) is 9.59 Å². The summed E-state index contributed by atoms with van der Waals surface area (Å²) in [6.07, 6.45) is 0.234. The van der Waals surface area contributed by atoms with Crippen LogP contribution in [0.25, 0.3) is 0 Å². The lowest BCUT2D eigenvalue weighted by Crippen LogP contribution is -2.52. The van der Waals surface area contributed by atoms with Gasteiger partial charge < -0.3 is 10.2 Å². The predicted molar refractivity (Wildman–Crippen MR) is 114 cm³/mol. The first kappa shape index (κ1) is 22.0. The number of halogens is 1. The van der Waals surface area contributed by atoms with Crippen molar-refractivity contribution in [2.24, 2.45) is 0 Å². The zero-order valence-electron chi connectivity index (χ0n) is 17.3. The second-order valence-corrected chi connectivity index (χ2v) is 8.60. The molecule has 0 saturated carbocycles. The van der Waals surface area contributed by atoms with Crippen molar-refractivity contribution >= 4 is 23.4 Å². The van der Waals surface area contributed by atoms with Crippen LogP contribution in [0.5, 0.6) is 0 Å². The highest BCUT2D eigenvalue weighted by molar-refractivity contribution is 6.31. The van der Waals surface area contributed by atoms with Crippen LogP contribution >= 0.6 is 11.6 Å². The summed E-state index contributed by atoms with van der Waals surface area (Å²) in [6, 6.07) is 14.6. The summed E-state index contributed by atoms with van der Waals surface area (Å²) in [7, 11) is 0. The molecule has 0 aromatic heterocycles. The van der Waals surface area contributed by atoms with E-state index < -0.39 is 6.04 Å². The third kappa shape index (κ3) is 6.38. The first-order valence-corrected chi connectivity index (χ1v) is 9.85. The zero-order valence-corrected chi connectivity index (χ0v) is 18.0. The van der Waals surface area contributed by atoms with Crippen molar-refractivity contribution in [3.05, 3.63) is 70.2 Å². The van der Waals surface area contributed by atoms with Crippen LogP contribution in [-0.2, 0) is 22.6 Å². The van der Waals surface area contributed by atoms with Gasteiger partial charge in [0.1, 0.15) is 6.04 Å². The smallest absolute Gasteiger partial charge is 0.242 e. The predicted octanol–water partition coefficient (Wildman–Crippen LogP) is 4.52. The summed E-state index contributed by atoms with van der Waals surface area (Å²) >= 11 is 6.30. The second-order valence-electron chi connectivity index (χ2n) is 8.19. The summed E-state index contributed by atoms with van der Waals surface area (Å²) in [5.41, 5.74) is 2.50. The minimum Gasteiger partial charge on any atom is -0.350 e. The Balaban J connectivity index is 2.26. The standard InChI is InChI=1S/C23H29ClN2O2/c1-16-10-12-18(13-11-16)14-21(27)26(15-19-8-6-7-9-20(19)24)17(2)22(28)25-23(3,4)5/h6-13,17H,14-15H2,1-5H3,(H,25,28)/t17-/m1/s1. The molecular formula is C23H29ClN2O2. The SMILES string of the molecule is Cc1ccc(CC(=O)N(Cc2ccccc2Cl)[C@H](C)C(=O)NC(C)(C)C)cc1. The van der Waals surface area contributed by atoms with E-state index in [-0.39, 0.29) is 30.3 Å². The maximum atomic E-state index is 13.1. The Hall–Kier alpha value is -2.33. The fraction of sp³-hybridized carbons (Fsp3) is 0.391. The molecule has 0 aliphatic heterocycles. The molecule has 0 aliphatic carbocycles. The van der Waals surface area contributed by atoms with Gasteiger partial charge in [-0.3, -0.25) is 9.59 Å². The number of aryl methyl sites for hydroxylation is 1. The quantitative estimate of drug-likeness (QED) is 0.774. The van der Waals surface area contributed by atoms with Crippen LogP contribution < -0.4 is 5.32 Å². The van der Waals surface area contributed by atoms with E-state index in [4.69, 9.17) is 11.6 Å². The van der Waals surface area contributed by atoms with Gasteiger partial charge in [-0.05, 0) is 51.8 Å². The highest BCUT2D eigenvalue weighted by atomic mass is 35.5. The van der Waals surface area contributed by atoms with E-state index >= 15 is 0 Å². The van der Waals surface area contributed by atoms with Crippen LogP contribution in [0.2, 0.25) is 5.02 Å². The second kappa shape index (κ2) is 9.24. The number of nitrogens with one attached hydrogen (secondary N) is 1. The van der Waals surface area contributed by atoms with E-state index in [1.165, 1.54) is 0 Å². The molecule has 150 valence electrons. The molecule has 0 fully saturated rings. The minimum absolute atomic E-state index is 0.111. The monoisotopic (exact) mass is 400 g/mol. The molecule has 0 saturated heterocycles. The molecule has 2 aromatic rings. The lowest BCUT2D eigenvalue weighted by Gasteiger charge is -2.31. The molecule has 1 N–H and O–H groups in total. The molecular weight excluding hydrogens is 372 g/mol. The van der Waals surface area contributed by atoms with Gasteiger partial charge in [0.2, 0.25) is 11.8 Å². The Morgan fingerprint density at radius 3 is 2.25 bits per heavy atom. The third-order valence-corrected chi connectivity index (χ3v) is 4.81. The molecule has 0 spiro atoms. The Bertz CT molecular complexity index is 825. The van der Waals surface area contributed by atoms with Gasteiger partial charge in [0.05, 0.1) is 6.42 Å². The normalized spacial score (nSPS) is 12.4. The van der Waals surface area contributed by atoms with Crippen LogP contribution in [0.15, 0.2) is 48.5 Å². The molecule has 0 bridgehead atoms. The number of amides is 2. The van der Waals surface area contributed by atoms with Crippen LogP contribution in [0.3, 0.4) is 0 Å². The van der Waals surface area contributed by atoms with Crippen LogP contribution in [-0.4, -0.2) is 28.3 Å². The Morgan fingerprint density at radius 1 is 1.07 bits per heavy atom. The van der Waals surface area contributed by atoms with E-state index in [0.717, 1.165) is 16.7 Å². The van der Waals surface area contributed by atoms with E-state index in [1.54, 1.807) is 17.9 Å². The number of nitrogens with zero attached hydrogens (tertiary/aromatic N) is 1. The Labute approximate surface area is 172 Å². The molecule has 28 heavy (non-hydrogen) atoms. The lowest BCUT2D eigenvalue weighted by atomic mass is 10.1. The molecule has 0 aliphatic rings. The van der Waals surface area contributed by atoms with Gasteiger partial charge in [0.15, 0.2) is 0 Å². The van der Waals surface area contributed by atoms with E-state index in [2.05, 4.69) is 5.32 Å². The number of carbonyl (C=O) groups is 2. The van der Waals surface area contributed by atoms with Crippen molar-refractivity contribution < 1.29 is 9.59 Å². The average Bonchev–Trinajstić information content (AvgIpc) is 2.61. The summed E-state index contributed by atoms with van der Waals surface area (Å²) < 4.78 is 0. The van der Waals surface area contributed by atoms with Crippen molar-refractivity contribution in [2.75, 3.05) is 0 Å². The van der Waals surface area contributed by atoms with Gasteiger partial charge in [-0.15, -0.1) is 0 Å². The minimum atomic E-state index is -0.617. The summed E-state index contributed by atoms with van der Waals surface area (Å²) in [5.74, 6) is -0.294. The van der Waals surface area contributed by atoms with Crippen molar-refractivity contribution in [1.82, 2.24) is 10.2 Å². The lowest BCUT2D eigenvalue weighted by molar-refractivity contribution is -0.140. The zero-order chi connectivity index (χ0) is 20.9. The number of hydrogen-bond acceptors (Lipinski definition) is 2. The van der Waals surface area contributed by atoms with Gasteiger partial charge in [-0.1, -0.05) is 59.6 Å². The van der Waals surface area contributed by atoms with Crippen molar-refractivity contribution in [1.29, 1.82) is 0 Å². The molecule has 2 rings (SSSR count). The van der Waals surface area contributed by atoms with Gasteiger partial charge >= 0.3 is 0 Å². The van der Waals surface area contributed by atoms with Crippen molar-refractivity contribution in [3.8, 4) is 0 Å². The van der Waals surface area contributed by atoms with Gasteiger partial charge in [-0.25, -0.2) is 0 Å². The highest BCUT2D eigenvalue weighted by Crippen LogP contribution is 2.20. The molecule has 0 radical (unpaired) electrons. The van der Waals surface area contributed by atoms with Crippen molar-refractivity contribution in [3.63, 3.8) is 0 Å². The molecule has 1 atom stereocenters. The Morgan fingerprint density at radius 2 is 1.68 bits per heavy atom. The summed E-state index contributed by atoms with van der Waals surface area (Å²) in [4.78, 5) is 27.5. The maximum Gasteiger partial charge on any atom is 0.242 e. The van der Waals surface area contributed by atoms with Gasteiger partial charge in [-0.2, -0.15) is 0 Å². The van der Waals surface area contributed by atoms with Crippen LogP contribution in [0.4, 0.5) is 0 Å². The largest absolute Gasteiger partial charge is 0.350 e. The molecule has 5 heteroatoms. The molecule has 0 unspecified atom stereocenters. The highest BCUT2D eigenvalue weighted by Gasteiger charge is 2.28. The van der Waals surface area contributed by atoms with Gasteiger partial charge in [0, 0.05) is 17.1 Å².